The minimum Gasteiger partial charge on any atom is -0.352 e. The summed E-state index contributed by atoms with van der Waals surface area (Å²) in [5.41, 5.74) is 1.22. The molecule has 0 spiro atoms. The molecule has 138 valence electrons. The SMILES string of the molecule is Cc1nccnc1N1CCN(C(=O)NC(c2ccccc2)C(F)F)CC1. The molecule has 2 amide bonds. The van der Waals surface area contributed by atoms with Gasteiger partial charge in [-0.2, -0.15) is 0 Å². The number of rotatable bonds is 4. The summed E-state index contributed by atoms with van der Waals surface area (Å²) in [5, 5.41) is 2.46. The zero-order valence-corrected chi connectivity index (χ0v) is 14.5. The Morgan fingerprint density at radius 3 is 2.35 bits per heavy atom. The minimum absolute atomic E-state index is 0.393. The van der Waals surface area contributed by atoms with Crippen molar-refractivity contribution in [2.45, 2.75) is 19.4 Å². The maximum atomic E-state index is 13.4. The van der Waals surface area contributed by atoms with Gasteiger partial charge in [0, 0.05) is 38.6 Å². The third-order valence-electron chi connectivity index (χ3n) is 4.41. The van der Waals surface area contributed by atoms with Gasteiger partial charge in [0.15, 0.2) is 0 Å². The highest BCUT2D eigenvalue weighted by molar-refractivity contribution is 5.75. The third-order valence-corrected chi connectivity index (χ3v) is 4.41. The Labute approximate surface area is 150 Å². The molecule has 1 aromatic carbocycles. The number of carbonyl (C=O) groups excluding carboxylic acids is 1. The second kappa shape index (κ2) is 8.07. The number of hydrogen-bond acceptors (Lipinski definition) is 4. The molecular weight excluding hydrogens is 340 g/mol. The van der Waals surface area contributed by atoms with Crippen LogP contribution in [0.2, 0.25) is 0 Å². The summed E-state index contributed by atoms with van der Waals surface area (Å²) in [5.74, 6) is 0.794. The van der Waals surface area contributed by atoms with Crippen LogP contribution >= 0.6 is 0 Å². The first-order valence-corrected chi connectivity index (χ1v) is 8.47. The highest BCUT2D eigenvalue weighted by Gasteiger charge is 2.28. The van der Waals surface area contributed by atoms with Crippen molar-refractivity contribution in [3.8, 4) is 0 Å². The van der Waals surface area contributed by atoms with Crippen LogP contribution in [0.25, 0.3) is 0 Å². The van der Waals surface area contributed by atoms with Crippen LogP contribution in [0.15, 0.2) is 42.7 Å². The molecule has 26 heavy (non-hydrogen) atoms. The lowest BCUT2D eigenvalue weighted by molar-refractivity contribution is 0.0959. The number of nitrogens with one attached hydrogen (secondary N) is 1. The molecular formula is C18H21F2N5O. The number of nitrogens with zero attached hydrogens (tertiary/aromatic N) is 4. The molecule has 1 unspecified atom stereocenters. The Morgan fingerprint density at radius 1 is 1.08 bits per heavy atom. The first kappa shape index (κ1) is 18.0. The lowest BCUT2D eigenvalue weighted by Crippen LogP contribution is -2.53. The van der Waals surface area contributed by atoms with Gasteiger partial charge in [0.2, 0.25) is 0 Å². The molecule has 1 aromatic heterocycles. The number of aryl methyl sites for hydroxylation is 1. The van der Waals surface area contributed by atoms with E-state index >= 15 is 0 Å². The highest BCUT2D eigenvalue weighted by atomic mass is 19.3. The number of benzene rings is 1. The molecule has 0 aliphatic carbocycles. The second-order valence-electron chi connectivity index (χ2n) is 6.11. The van der Waals surface area contributed by atoms with E-state index in [1.54, 1.807) is 47.6 Å². The molecule has 1 saturated heterocycles. The number of amides is 2. The van der Waals surface area contributed by atoms with Crippen LogP contribution in [0.4, 0.5) is 19.4 Å². The summed E-state index contributed by atoms with van der Waals surface area (Å²) in [4.78, 5) is 24.6. The Kier molecular flexibility index (Phi) is 5.60. The van der Waals surface area contributed by atoms with Crippen LogP contribution in [-0.4, -0.2) is 53.5 Å². The Hall–Kier alpha value is -2.77. The van der Waals surface area contributed by atoms with E-state index in [0.717, 1.165) is 11.5 Å². The van der Waals surface area contributed by atoms with Gasteiger partial charge in [-0.15, -0.1) is 0 Å². The average molecular weight is 361 g/mol. The predicted molar refractivity (Wildman–Crippen MR) is 94.3 cm³/mol. The number of urea groups is 1. The van der Waals surface area contributed by atoms with Crippen LogP contribution < -0.4 is 10.2 Å². The minimum atomic E-state index is -2.68. The number of carbonyl (C=O) groups is 1. The molecule has 1 atom stereocenters. The van der Waals surface area contributed by atoms with Crippen LogP contribution in [-0.2, 0) is 0 Å². The lowest BCUT2D eigenvalue weighted by atomic mass is 10.1. The third kappa shape index (κ3) is 4.07. The molecule has 0 radical (unpaired) electrons. The van der Waals surface area contributed by atoms with E-state index in [0.29, 0.717) is 31.7 Å². The number of hydrogen-bond donors (Lipinski definition) is 1. The van der Waals surface area contributed by atoms with E-state index in [1.165, 1.54) is 0 Å². The van der Waals surface area contributed by atoms with Crippen molar-refractivity contribution in [1.82, 2.24) is 20.2 Å². The van der Waals surface area contributed by atoms with Crippen LogP contribution in [0.3, 0.4) is 0 Å². The van der Waals surface area contributed by atoms with Gasteiger partial charge in [-0.1, -0.05) is 30.3 Å². The molecule has 3 rings (SSSR count). The summed E-state index contributed by atoms with van der Waals surface area (Å²) < 4.78 is 26.8. The van der Waals surface area contributed by atoms with Crippen molar-refractivity contribution >= 4 is 11.8 Å². The fourth-order valence-corrected chi connectivity index (χ4v) is 3.01. The van der Waals surface area contributed by atoms with Crippen molar-refractivity contribution < 1.29 is 13.6 Å². The number of aromatic nitrogens is 2. The molecule has 1 aliphatic rings. The van der Waals surface area contributed by atoms with Gasteiger partial charge in [0.25, 0.3) is 6.43 Å². The molecule has 2 aromatic rings. The topological polar surface area (TPSA) is 61.4 Å². The van der Waals surface area contributed by atoms with Gasteiger partial charge in [0.1, 0.15) is 11.9 Å². The van der Waals surface area contributed by atoms with Crippen LogP contribution in [0.5, 0.6) is 0 Å². The predicted octanol–water partition coefficient (Wildman–Crippen LogP) is 2.62. The molecule has 0 bridgehead atoms. The van der Waals surface area contributed by atoms with Crippen LogP contribution in [0.1, 0.15) is 17.3 Å². The van der Waals surface area contributed by atoms with Gasteiger partial charge in [-0.05, 0) is 12.5 Å². The van der Waals surface area contributed by atoms with E-state index in [2.05, 4.69) is 15.3 Å². The number of anilines is 1. The molecule has 6 nitrogen and oxygen atoms in total. The second-order valence-corrected chi connectivity index (χ2v) is 6.11. The molecule has 1 N–H and O–H groups in total. The highest BCUT2D eigenvalue weighted by Crippen LogP contribution is 2.21. The monoisotopic (exact) mass is 361 g/mol. The fraction of sp³-hybridized carbons (Fsp3) is 0.389. The summed E-state index contributed by atoms with van der Waals surface area (Å²) in [6.45, 7) is 3.92. The van der Waals surface area contributed by atoms with Crippen molar-refractivity contribution in [2.75, 3.05) is 31.1 Å². The van der Waals surface area contributed by atoms with Crippen LogP contribution in [0, 0.1) is 6.92 Å². The summed E-state index contributed by atoms with van der Waals surface area (Å²) >= 11 is 0. The van der Waals surface area contributed by atoms with E-state index in [4.69, 9.17) is 0 Å². The zero-order valence-electron chi connectivity index (χ0n) is 14.5. The molecule has 1 aliphatic heterocycles. The number of halogens is 2. The zero-order chi connectivity index (χ0) is 18.5. The van der Waals surface area contributed by atoms with Gasteiger partial charge in [-0.25, -0.2) is 18.6 Å². The maximum Gasteiger partial charge on any atom is 0.318 e. The largest absolute Gasteiger partial charge is 0.352 e. The Bertz CT molecular complexity index is 735. The number of piperazine rings is 1. The molecule has 0 saturated carbocycles. The van der Waals surface area contributed by atoms with Gasteiger partial charge >= 0.3 is 6.03 Å². The average Bonchev–Trinajstić information content (AvgIpc) is 2.67. The summed E-state index contributed by atoms with van der Waals surface area (Å²) in [6, 6.07) is 6.50. The summed E-state index contributed by atoms with van der Waals surface area (Å²) in [7, 11) is 0. The maximum absolute atomic E-state index is 13.4. The Morgan fingerprint density at radius 2 is 1.73 bits per heavy atom. The standard InChI is InChI=1S/C18H21F2N5O/c1-13-17(22-8-7-21-13)24-9-11-25(12-10-24)18(26)23-15(16(19)20)14-5-3-2-4-6-14/h2-8,15-16H,9-12H2,1H3,(H,23,26). The number of alkyl halides is 2. The molecule has 8 heteroatoms. The van der Waals surface area contributed by atoms with Crippen molar-refractivity contribution in [2.24, 2.45) is 0 Å². The fourth-order valence-electron chi connectivity index (χ4n) is 3.01. The normalized spacial score (nSPS) is 15.8. The quantitative estimate of drug-likeness (QED) is 0.909. The van der Waals surface area contributed by atoms with Gasteiger partial charge < -0.3 is 15.1 Å². The van der Waals surface area contributed by atoms with Crippen molar-refractivity contribution in [3.05, 3.63) is 54.0 Å². The van der Waals surface area contributed by atoms with Crippen molar-refractivity contribution in [3.63, 3.8) is 0 Å². The first-order valence-electron chi connectivity index (χ1n) is 8.47. The summed E-state index contributed by atoms with van der Waals surface area (Å²) in [6.07, 6.45) is 0.593. The lowest BCUT2D eigenvalue weighted by Gasteiger charge is -2.36. The molecule has 2 heterocycles. The van der Waals surface area contributed by atoms with E-state index in [9.17, 15) is 13.6 Å². The van der Waals surface area contributed by atoms with Gasteiger partial charge in [-0.3, -0.25) is 4.98 Å². The molecule has 1 fully saturated rings. The van der Waals surface area contributed by atoms with E-state index in [1.807, 2.05) is 11.8 Å². The smallest absolute Gasteiger partial charge is 0.318 e. The van der Waals surface area contributed by atoms with E-state index in [-0.39, 0.29) is 0 Å². The first-order chi connectivity index (χ1) is 12.6. The van der Waals surface area contributed by atoms with Gasteiger partial charge in [0.05, 0.1) is 5.69 Å². The van der Waals surface area contributed by atoms with E-state index < -0.39 is 18.5 Å². The van der Waals surface area contributed by atoms with Crippen molar-refractivity contribution in [1.29, 1.82) is 0 Å². The Balaban J connectivity index is 1.60.